The monoisotopic (exact) mass is 355 g/mol. The van der Waals surface area contributed by atoms with Crippen molar-refractivity contribution in [2.45, 2.75) is 6.42 Å². The number of methoxy groups -OCH3 is 1. The van der Waals surface area contributed by atoms with Crippen molar-refractivity contribution in [1.29, 1.82) is 0 Å². The molecule has 1 heterocycles. The Morgan fingerprint density at radius 1 is 1.19 bits per heavy atom. The van der Waals surface area contributed by atoms with Crippen molar-refractivity contribution in [3.05, 3.63) is 65.7 Å². The van der Waals surface area contributed by atoms with Gasteiger partial charge < -0.3 is 14.2 Å². The Morgan fingerprint density at radius 3 is 2.65 bits per heavy atom. The Labute approximate surface area is 150 Å². The number of halogens is 1. The molecule has 0 saturated carbocycles. The van der Waals surface area contributed by atoms with E-state index in [4.69, 9.17) is 9.26 Å². The van der Waals surface area contributed by atoms with Crippen molar-refractivity contribution in [3.8, 4) is 17.2 Å². The SMILES string of the molecule is COc1ccccc1C(=O)N(C)CCc1noc(-c2ccc(F)cc2)n1. The largest absolute Gasteiger partial charge is 0.496 e. The van der Waals surface area contributed by atoms with Gasteiger partial charge in [-0.05, 0) is 36.4 Å². The van der Waals surface area contributed by atoms with Crippen LogP contribution in [0.2, 0.25) is 0 Å². The maximum Gasteiger partial charge on any atom is 0.257 e. The zero-order chi connectivity index (χ0) is 18.5. The van der Waals surface area contributed by atoms with Gasteiger partial charge in [0, 0.05) is 25.6 Å². The number of benzene rings is 2. The van der Waals surface area contributed by atoms with Crippen molar-refractivity contribution in [2.75, 3.05) is 20.7 Å². The number of likely N-dealkylation sites (N-methyl/N-ethyl adjacent to an activating group) is 1. The fourth-order valence-corrected chi connectivity index (χ4v) is 2.46. The summed E-state index contributed by atoms with van der Waals surface area (Å²) < 4.78 is 23.4. The van der Waals surface area contributed by atoms with E-state index in [-0.39, 0.29) is 11.7 Å². The first-order valence-electron chi connectivity index (χ1n) is 8.05. The Bertz CT molecular complexity index is 893. The van der Waals surface area contributed by atoms with E-state index in [1.165, 1.54) is 19.2 Å². The summed E-state index contributed by atoms with van der Waals surface area (Å²) in [4.78, 5) is 18.4. The normalized spacial score (nSPS) is 10.6. The molecule has 26 heavy (non-hydrogen) atoms. The molecule has 0 aliphatic rings. The maximum absolute atomic E-state index is 13.0. The predicted octanol–water partition coefficient (Wildman–Crippen LogP) is 3.20. The summed E-state index contributed by atoms with van der Waals surface area (Å²) in [6, 6.07) is 12.9. The second kappa shape index (κ2) is 7.77. The molecule has 3 rings (SSSR count). The predicted molar refractivity (Wildman–Crippen MR) is 93.4 cm³/mol. The molecule has 7 heteroatoms. The first-order chi connectivity index (χ1) is 12.6. The summed E-state index contributed by atoms with van der Waals surface area (Å²) in [5.74, 6) is 0.847. The van der Waals surface area contributed by atoms with Gasteiger partial charge in [0.05, 0.1) is 12.7 Å². The molecular formula is C19H18FN3O3. The van der Waals surface area contributed by atoms with Crippen LogP contribution in [-0.2, 0) is 6.42 Å². The minimum Gasteiger partial charge on any atom is -0.496 e. The Kier molecular flexibility index (Phi) is 5.26. The second-order valence-corrected chi connectivity index (χ2v) is 5.70. The topological polar surface area (TPSA) is 68.5 Å². The molecule has 3 aromatic rings. The van der Waals surface area contributed by atoms with Crippen molar-refractivity contribution in [3.63, 3.8) is 0 Å². The molecule has 0 atom stereocenters. The van der Waals surface area contributed by atoms with Crippen molar-refractivity contribution in [1.82, 2.24) is 15.0 Å². The average molecular weight is 355 g/mol. The molecule has 134 valence electrons. The Hall–Kier alpha value is -3.22. The lowest BCUT2D eigenvalue weighted by molar-refractivity contribution is 0.0792. The standard InChI is InChI=1S/C19H18FN3O3/c1-23(19(24)15-5-3-4-6-16(15)25-2)12-11-17-21-18(26-22-17)13-7-9-14(20)10-8-13/h3-10H,11-12H2,1-2H3. The number of amides is 1. The van der Waals surface area contributed by atoms with Crippen LogP contribution < -0.4 is 4.74 Å². The van der Waals surface area contributed by atoms with Gasteiger partial charge in [0.15, 0.2) is 5.82 Å². The first kappa shape index (κ1) is 17.6. The lowest BCUT2D eigenvalue weighted by Crippen LogP contribution is -2.29. The molecule has 0 fully saturated rings. The fourth-order valence-electron chi connectivity index (χ4n) is 2.46. The van der Waals surface area contributed by atoms with Crippen molar-refractivity contribution < 1.29 is 18.4 Å². The number of carbonyl (C=O) groups excluding carboxylic acids is 1. The van der Waals surface area contributed by atoms with Gasteiger partial charge in [0.1, 0.15) is 11.6 Å². The van der Waals surface area contributed by atoms with Gasteiger partial charge >= 0.3 is 0 Å². The summed E-state index contributed by atoms with van der Waals surface area (Å²) in [5, 5.41) is 3.91. The number of aromatic nitrogens is 2. The summed E-state index contributed by atoms with van der Waals surface area (Å²) in [5.41, 5.74) is 1.14. The van der Waals surface area contributed by atoms with Crippen LogP contribution in [0.25, 0.3) is 11.5 Å². The molecular weight excluding hydrogens is 337 g/mol. The number of ether oxygens (including phenoxy) is 1. The zero-order valence-electron chi connectivity index (χ0n) is 14.5. The van der Waals surface area contributed by atoms with Gasteiger partial charge in [-0.1, -0.05) is 17.3 Å². The zero-order valence-corrected chi connectivity index (χ0v) is 14.5. The lowest BCUT2D eigenvalue weighted by Gasteiger charge is -2.17. The number of hydrogen-bond donors (Lipinski definition) is 0. The van der Waals surface area contributed by atoms with E-state index in [0.29, 0.717) is 41.6 Å². The fraction of sp³-hybridized carbons (Fsp3) is 0.211. The van der Waals surface area contributed by atoms with Crippen LogP contribution in [-0.4, -0.2) is 41.6 Å². The molecule has 2 aromatic carbocycles. The molecule has 0 aliphatic carbocycles. The van der Waals surface area contributed by atoms with Crippen LogP contribution in [0, 0.1) is 5.82 Å². The van der Waals surface area contributed by atoms with Crippen LogP contribution in [0.15, 0.2) is 53.1 Å². The van der Waals surface area contributed by atoms with Gasteiger partial charge in [-0.25, -0.2) is 4.39 Å². The Morgan fingerprint density at radius 2 is 1.92 bits per heavy atom. The van der Waals surface area contributed by atoms with Gasteiger partial charge in [0.2, 0.25) is 0 Å². The van der Waals surface area contributed by atoms with Crippen molar-refractivity contribution >= 4 is 5.91 Å². The van der Waals surface area contributed by atoms with E-state index >= 15 is 0 Å². The molecule has 0 bridgehead atoms. The Balaban J connectivity index is 1.64. The van der Waals surface area contributed by atoms with E-state index in [9.17, 15) is 9.18 Å². The molecule has 0 saturated heterocycles. The van der Waals surface area contributed by atoms with E-state index in [1.807, 2.05) is 6.07 Å². The molecule has 0 N–H and O–H groups in total. The van der Waals surface area contributed by atoms with Crippen molar-refractivity contribution in [2.24, 2.45) is 0 Å². The summed E-state index contributed by atoms with van der Waals surface area (Å²) in [6.45, 7) is 0.416. The number of para-hydroxylation sites is 1. The average Bonchev–Trinajstić information content (AvgIpc) is 3.15. The van der Waals surface area contributed by atoms with E-state index in [2.05, 4.69) is 10.1 Å². The molecule has 6 nitrogen and oxygen atoms in total. The van der Waals surface area contributed by atoms with Gasteiger partial charge in [-0.3, -0.25) is 4.79 Å². The van der Waals surface area contributed by atoms with Gasteiger partial charge in [0.25, 0.3) is 11.8 Å². The lowest BCUT2D eigenvalue weighted by atomic mass is 10.1. The quantitative estimate of drug-likeness (QED) is 0.679. The smallest absolute Gasteiger partial charge is 0.257 e. The molecule has 1 amide bonds. The third kappa shape index (κ3) is 3.88. The number of hydrogen-bond acceptors (Lipinski definition) is 5. The molecule has 0 spiro atoms. The highest BCUT2D eigenvalue weighted by atomic mass is 19.1. The number of rotatable bonds is 6. The highest BCUT2D eigenvalue weighted by molar-refractivity contribution is 5.96. The van der Waals surface area contributed by atoms with E-state index in [1.54, 1.807) is 42.3 Å². The highest BCUT2D eigenvalue weighted by Gasteiger charge is 2.17. The second-order valence-electron chi connectivity index (χ2n) is 5.70. The van der Waals surface area contributed by atoms with Crippen LogP contribution >= 0.6 is 0 Å². The minimum absolute atomic E-state index is 0.148. The third-order valence-electron chi connectivity index (χ3n) is 3.91. The number of carbonyl (C=O) groups is 1. The van der Waals surface area contributed by atoms with Crippen LogP contribution in [0.3, 0.4) is 0 Å². The van der Waals surface area contributed by atoms with E-state index < -0.39 is 0 Å². The minimum atomic E-state index is -0.329. The molecule has 0 radical (unpaired) electrons. The molecule has 0 unspecified atom stereocenters. The summed E-state index contributed by atoms with van der Waals surface area (Å²) in [7, 11) is 3.23. The van der Waals surface area contributed by atoms with Crippen LogP contribution in [0.1, 0.15) is 16.2 Å². The summed E-state index contributed by atoms with van der Waals surface area (Å²) in [6.07, 6.45) is 0.433. The van der Waals surface area contributed by atoms with Gasteiger partial charge in [-0.2, -0.15) is 4.98 Å². The van der Waals surface area contributed by atoms with Crippen LogP contribution in [0.5, 0.6) is 5.75 Å². The first-order valence-corrected chi connectivity index (χ1v) is 8.05. The number of nitrogens with zero attached hydrogens (tertiary/aromatic N) is 3. The highest BCUT2D eigenvalue weighted by Crippen LogP contribution is 2.20. The summed E-state index contributed by atoms with van der Waals surface area (Å²) >= 11 is 0. The maximum atomic E-state index is 13.0. The third-order valence-corrected chi connectivity index (χ3v) is 3.91. The molecule has 1 aromatic heterocycles. The van der Waals surface area contributed by atoms with Gasteiger partial charge in [-0.15, -0.1) is 0 Å². The molecule has 0 aliphatic heterocycles. The van der Waals surface area contributed by atoms with E-state index in [0.717, 1.165) is 0 Å². The van der Waals surface area contributed by atoms with Crippen LogP contribution in [0.4, 0.5) is 4.39 Å².